The van der Waals surface area contributed by atoms with Crippen molar-refractivity contribution in [2.75, 3.05) is 30.8 Å². The zero-order valence-electron chi connectivity index (χ0n) is 20.3. The molecular weight excluding hydrogens is 513 g/mol. The van der Waals surface area contributed by atoms with Gasteiger partial charge in [-0.05, 0) is 49.2 Å². The van der Waals surface area contributed by atoms with Crippen molar-refractivity contribution in [2.24, 2.45) is 0 Å². The highest BCUT2D eigenvalue weighted by atomic mass is 35.5. The zero-order chi connectivity index (χ0) is 26.2. The van der Waals surface area contributed by atoms with Gasteiger partial charge >= 0.3 is 0 Å². The van der Waals surface area contributed by atoms with Crippen LogP contribution in [-0.2, 0) is 26.2 Å². The first-order chi connectivity index (χ1) is 16.5. The number of amides is 2. The van der Waals surface area contributed by atoms with Crippen LogP contribution in [0.2, 0.25) is 10.0 Å². The van der Waals surface area contributed by atoms with E-state index in [2.05, 4.69) is 5.32 Å². The molecular formula is C24H31Cl2N3O5S. The van der Waals surface area contributed by atoms with Crippen molar-refractivity contribution in [1.29, 1.82) is 0 Å². The number of nitrogens with one attached hydrogen (secondary N) is 1. The Morgan fingerprint density at radius 2 is 1.77 bits per heavy atom. The Bertz CT molecular complexity index is 1130. The van der Waals surface area contributed by atoms with Crippen LogP contribution >= 0.6 is 23.2 Å². The molecule has 0 unspecified atom stereocenters. The molecule has 2 aromatic carbocycles. The molecule has 1 atom stereocenters. The van der Waals surface area contributed by atoms with Crippen molar-refractivity contribution in [3.8, 4) is 5.75 Å². The van der Waals surface area contributed by atoms with E-state index < -0.39 is 28.5 Å². The van der Waals surface area contributed by atoms with E-state index in [1.54, 1.807) is 31.2 Å². The number of halogens is 2. The van der Waals surface area contributed by atoms with E-state index in [4.69, 9.17) is 27.9 Å². The quantitative estimate of drug-likeness (QED) is 0.406. The molecule has 11 heteroatoms. The summed E-state index contributed by atoms with van der Waals surface area (Å²) in [5.41, 5.74) is 0.951. The van der Waals surface area contributed by atoms with E-state index in [1.165, 1.54) is 30.2 Å². The lowest BCUT2D eigenvalue weighted by molar-refractivity contribution is -0.139. The fourth-order valence-electron chi connectivity index (χ4n) is 3.33. The number of sulfonamides is 1. The third-order valence-corrected chi connectivity index (χ3v) is 7.05. The fraction of sp³-hybridized carbons (Fsp3) is 0.417. The molecule has 1 N–H and O–H groups in total. The van der Waals surface area contributed by atoms with Crippen LogP contribution in [0.5, 0.6) is 5.75 Å². The molecule has 0 bridgehead atoms. The number of nitrogens with zero attached hydrogens (tertiary/aromatic N) is 2. The van der Waals surface area contributed by atoms with E-state index in [0.29, 0.717) is 17.3 Å². The topological polar surface area (TPSA) is 96.0 Å². The Morgan fingerprint density at radius 1 is 1.11 bits per heavy atom. The standard InChI is InChI=1S/C24H31Cl2N3O5S/c1-5-6-13-27-24(31)17(2)28(15-18-7-9-19(25)10-8-18)23(30)16-29(35(4,32)33)20-11-12-22(34-3)21(26)14-20/h7-12,14,17H,5-6,13,15-16H2,1-4H3,(H,27,31)/t17-/m1/s1. The minimum Gasteiger partial charge on any atom is -0.495 e. The van der Waals surface area contributed by atoms with E-state index >= 15 is 0 Å². The summed E-state index contributed by atoms with van der Waals surface area (Å²) in [4.78, 5) is 27.6. The summed E-state index contributed by atoms with van der Waals surface area (Å²) >= 11 is 12.2. The molecule has 0 aliphatic rings. The molecule has 2 amide bonds. The number of rotatable bonds is 12. The van der Waals surface area contributed by atoms with Gasteiger partial charge in [0.05, 0.1) is 24.1 Å². The Hall–Kier alpha value is -2.49. The highest BCUT2D eigenvalue weighted by molar-refractivity contribution is 7.92. The van der Waals surface area contributed by atoms with E-state index in [-0.39, 0.29) is 23.2 Å². The average molecular weight is 545 g/mol. The fourth-order valence-corrected chi connectivity index (χ4v) is 4.55. The highest BCUT2D eigenvalue weighted by Gasteiger charge is 2.30. The number of hydrogen-bond acceptors (Lipinski definition) is 5. The number of anilines is 1. The lowest BCUT2D eigenvalue weighted by Gasteiger charge is -2.31. The molecule has 0 fully saturated rings. The molecule has 0 saturated heterocycles. The third kappa shape index (κ3) is 8.30. The minimum atomic E-state index is -3.86. The Balaban J connectivity index is 2.36. The molecule has 0 aromatic heterocycles. The Morgan fingerprint density at radius 3 is 2.31 bits per heavy atom. The number of carbonyl (C=O) groups is 2. The molecule has 0 radical (unpaired) electrons. The van der Waals surface area contributed by atoms with Crippen LogP contribution in [0.15, 0.2) is 42.5 Å². The number of unbranched alkanes of at least 4 members (excludes halogenated alkanes) is 1. The highest BCUT2D eigenvalue weighted by Crippen LogP contribution is 2.30. The monoisotopic (exact) mass is 543 g/mol. The Kier molecular flexibility index (Phi) is 10.7. The summed E-state index contributed by atoms with van der Waals surface area (Å²) in [7, 11) is -2.41. The summed E-state index contributed by atoms with van der Waals surface area (Å²) in [6.07, 6.45) is 2.72. The smallest absolute Gasteiger partial charge is 0.244 e. The van der Waals surface area contributed by atoms with Gasteiger partial charge in [-0.1, -0.05) is 48.7 Å². The summed E-state index contributed by atoms with van der Waals surface area (Å²) in [5, 5.41) is 3.57. The third-order valence-electron chi connectivity index (χ3n) is 5.37. The van der Waals surface area contributed by atoms with Gasteiger partial charge in [0, 0.05) is 18.1 Å². The number of carbonyl (C=O) groups excluding carboxylic acids is 2. The van der Waals surface area contributed by atoms with Crippen LogP contribution in [0, 0.1) is 0 Å². The van der Waals surface area contributed by atoms with E-state index in [9.17, 15) is 18.0 Å². The maximum absolute atomic E-state index is 13.5. The number of hydrogen-bond donors (Lipinski definition) is 1. The maximum Gasteiger partial charge on any atom is 0.244 e. The van der Waals surface area contributed by atoms with E-state index in [0.717, 1.165) is 29.0 Å². The van der Waals surface area contributed by atoms with Crippen LogP contribution in [0.1, 0.15) is 32.3 Å². The van der Waals surface area contributed by atoms with Crippen LogP contribution in [0.4, 0.5) is 5.69 Å². The number of ether oxygens (including phenoxy) is 1. The zero-order valence-corrected chi connectivity index (χ0v) is 22.6. The molecule has 192 valence electrons. The van der Waals surface area contributed by atoms with E-state index in [1.807, 2.05) is 6.92 Å². The van der Waals surface area contributed by atoms with Crippen molar-refractivity contribution in [1.82, 2.24) is 10.2 Å². The first kappa shape index (κ1) is 28.7. The largest absolute Gasteiger partial charge is 0.495 e. The van der Waals surface area contributed by atoms with Gasteiger partial charge in [-0.15, -0.1) is 0 Å². The Labute approximate surface area is 217 Å². The van der Waals surface area contributed by atoms with Crippen molar-refractivity contribution < 1.29 is 22.7 Å². The van der Waals surface area contributed by atoms with Crippen LogP contribution in [-0.4, -0.2) is 57.6 Å². The number of benzene rings is 2. The molecule has 8 nitrogen and oxygen atoms in total. The average Bonchev–Trinajstić information content (AvgIpc) is 2.80. The molecule has 0 aliphatic carbocycles. The predicted molar refractivity (Wildman–Crippen MR) is 140 cm³/mol. The summed E-state index contributed by atoms with van der Waals surface area (Å²) in [6, 6.07) is 10.5. The molecule has 0 aliphatic heterocycles. The second-order valence-electron chi connectivity index (χ2n) is 8.06. The van der Waals surface area contributed by atoms with Crippen LogP contribution in [0.3, 0.4) is 0 Å². The van der Waals surface area contributed by atoms with Crippen molar-refractivity contribution >= 4 is 50.7 Å². The molecule has 35 heavy (non-hydrogen) atoms. The molecule has 2 rings (SSSR count). The summed E-state index contributed by atoms with van der Waals surface area (Å²) < 4.78 is 31.3. The molecule has 0 heterocycles. The predicted octanol–water partition coefficient (Wildman–Crippen LogP) is 4.10. The second kappa shape index (κ2) is 13.0. The van der Waals surface area contributed by atoms with Gasteiger partial charge in [-0.2, -0.15) is 0 Å². The first-order valence-corrected chi connectivity index (χ1v) is 13.7. The summed E-state index contributed by atoms with van der Waals surface area (Å²) in [5.74, 6) is -0.494. The number of methoxy groups -OCH3 is 1. The summed E-state index contributed by atoms with van der Waals surface area (Å²) in [6.45, 7) is 3.70. The van der Waals surface area contributed by atoms with Gasteiger partial charge in [0.15, 0.2) is 0 Å². The van der Waals surface area contributed by atoms with Gasteiger partial charge in [0.1, 0.15) is 18.3 Å². The SMILES string of the molecule is CCCCNC(=O)[C@@H](C)N(Cc1ccc(Cl)cc1)C(=O)CN(c1ccc(OC)c(Cl)c1)S(C)(=O)=O. The maximum atomic E-state index is 13.5. The van der Waals surface area contributed by atoms with Gasteiger partial charge in [0.25, 0.3) is 0 Å². The van der Waals surface area contributed by atoms with Crippen LogP contribution < -0.4 is 14.4 Å². The molecule has 0 spiro atoms. The minimum absolute atomic E-state index is 0.0966. The molecule has 2 aromatic rings. The second-order valence-corrected chi connectivity index (χ2v) is 10.8. The van der Waals surface area contributed by atoms with Gasteiger partial charge in [-0.25, -0.2) is 8.42 Å². The molecule has 0 saturated carbocycles. The lowest BCUT2D eigenvalue weighted by Crippen LogP contribution is -2.51. The normalized spacial score (nSPS) is 12.1. The van der Waals surface area contributed by atoms with Crippen molar-refractivity contribution in [3.63, 3.8) is 0 Å². The first-order valence-electron chi connectivity index (χ1n) is 11.1. The van der Waals surface area contributed by atoms with Gasteiger partial charge < -0.3 is 15.0 Å². The van der Waals surface area contributed by atoms with Gasteiger partial charge in [-0.3, -0.25) is 13.9 Å². The van der Waals surface area contributed by atoms with Crippen LogP contribution in [0.25, 0.3) is 0 Å². The van der Waals surface area contributed by atoms with Crippen molar-refractivity contribution in [2.45, 2.75) is 39.3 Å². The van der Waals surface area contributed by atoms with Gasteiger partial charge in [0.2, 0.25) is 21.8 Å². The lowest BCUT2D eigenvalue weighted by atomic mass is 10.1. The van der Waals surface area contributed by atoms with Crippen molar-refractivity contribution in [3.05, 3.63) is 58.1 Å².